The van der Waals surface area contributed by atoms with E-state index in [1.54, 1.807) is 0 Å². The SMILES string of the molecule is CN1CCc2cc([C@H](CNC(=O)C(=O)NC(C)(C)C)N3CCCCC3)ccc21. The lowest BCUT2D eigenvalue weighted by atomic mass is 9.98. The molecular weight excluding hydrogens is 352 g/mol. The fraction of sp³-hybridized carbons (Fsp3) is 0.636. The molecule has 2 aliphatic rings. The highest BCUT2D eigenvalue weighted by Gasteiger charge is 2.27. The number of piperidine rings is 1. The van der Waals surface area contributed by atoms with Gasteiger partial charge in [-0.1, -0.05) is 18.6 Å². The number of nitrogens with one attached hydrogen (secondary N) is 2. The minimum Gasteiger partial charge on any atom is -0.374 e. The third kappa shape index (κ3) is 5.04. The predicted octanol–water partition coefficient (Wildman–Crippen LogP) is 2.24. The number of hydrogen-bond acceptors (Lipinski definition) is 4. The second kappa shape index (κ2) is 8.52. The highest BCUT2D eigenvalue weighted by Crippen LogP contribution is 2.32. The number of fused-ring (bicyclic) bond motifs is 1. The third-order valence-electron chi connectivity index (χ3n) is 5.60. The first-order valence-corrected chi connectivity index (χ1v) is 10.4. The molecule has 0 unspecified atom stereocenters. The van der Waals surface area contributed by atoms with E-state index in [0.717, 1.165) is 26.1 Å². The molecule has 0 spiro atoms. The molecule has 0 aromatic heterocycles. The average Bonchev–Trinajstić information content (AvgIpc) is 3.02. The summed E-state index contributed by atoms with van der Waals surface area (Å²) in [7, 11) is 2.13. The first-order valence-electron chi connectivity index (χ1n) is 10.4. The van der Waals surface area contributed by atoms with Crippen LogP contribution in [0.3, 0.4) is 0 Å². The molecule has 2 amide bonds. The van der Waals surface area contributed by atoms with Gasteiger partial charge in [-0.3, -0.25) is 14.5 Å². The molecule has 0 saturated carbocycles. The van der Waals surface area contributed by atoms with Crippen LogP contribution in [0, 0.1) is 0 Å². The van der Waals surface area contributed by atoms with E-state index >= 15 is 0 Å². The largest absolute Gasteiger partial charge is 0.374 e. The molecule has 1 fully saturated rings. The van der Waals surface area contributed by atoms with Gasteiger partial charge >= 0.3 is 11.8 Å². The van der Waals surface area contributed by atoms with Gasteiger partial charge in [-0.25, -0.2) is 0 Å². The molecular formula is C22H34N4O2. The summed E-state index contributed by atoms with van der Waals surface area (Å²) in [5.74, 6) is -1.13. The fourth-order valence-corrected chi connectivity index (χ4v) is 4.15. The standard InChI is InChI=1S/C22H34N4O2/c1-22(2,3)24-21(28)20(27)23-15-19(26-11-6-5-7-12-26)16-8-9-18-17(14-16)10-13-25(18)4/h8-9,14,19H,5-7,10-13,15H2,1-4H3,(H,23,27)(H,24,28)/t19-/m0/s1. The lowest BCUT2D eigenvalue weighted by molar-refractivity contribution is -0.140. The second-order valence-corrected chi connectivity index (χ2v) is 9.09. The average molecular weight is 387 g/mol. The van der Waals surface area contributed by atoms with Gasteiger partial charge in [-0.2, -0.15) is 0 Å². The van der Waals surface area contributed by atoms with E-state index in [0.29, 0.717) is 6.54 Å². The molecule has 1 aromatic rings. The van der Waals surface area contributed by atoms with Crippen molar-refractivity contribution < 1.29 is 9.59 Å². The fourth-order valence-electron chi connectivity index (χ4n) is 4.15. The Hall–Kier alpha value is -2.08. The minimum absolute atomic E-state index is 0.0999. The zero-order valence-electron chi connectivity index (χ0n) is 17.7. The number of rotatable bonds is 4. The van der Waals surface area contributed by atoms with Crippen molar-refractivity contribution in [3.63, 3.8) is 0 Å². The molecule has 3 rings (SSSR count). The van der Waals surface area contributed by atoms with E-state index in [2.05, 4.69) is 45.7 Å². The van der Waals surface area contributed by atoms with Crippen molar-refractivity contribution in [2.24, 2.45) is 0 Å². The maximum Gasteiger partial charge on any atom is 0.309 e. The molecule has 0 aliphatic carbocycles. The van der Waals surface area contributed by atoms with Crippen molar-refractivity contribution in [3.05, 3.63) is 29.3 Å². The van der Waals surface area contributed by atoms with E-state index in [9.17, 15) is 9.59 Å². The summed E-state index contributed by atoms with van der Waals surface area (Å²) in [4.78, 5) is 29.2. The Labute approximate surface area is 168 Å². The Kier molecular flexibility index (Phi) is 6.28. The number of carbonyl (C=O) groups excluding carboxylic acids is 2. The Morgan fingerprint density at radius 1 is 1.07 bits per heavy atom. The second-order valence-electron chi connectivity index (χ2n) is 9.09. The summed E-state index contributed by atoms with van der Waals surface area (Å²) < 4.78 is 0. The van der Waals surface area contributed by atoms with Crippen LogP contribution in [0.1, 0.15) is 57.2 Å². The number of likely N-dealkylation sites (tertiary alicyclic amines) is 1. The smallest absolute Gasteiger partial charge is 0.309 e. The molecule has 6 heteroatoms. The molecule has 28 heavy (non-hydrogen) atoms. The molecule has 6 nitrogen and oxygen atoms in total. The predicted molar refractivity (Wildman–Crippen MR) is 112 cm³/mol. The van der Waals surface area contributed by atoms with Crippen LogP contribution in [0.4, 0.5) is 5.69 Å². The van der Waals surface area contributed by atoms with E-state index in [4.69, 9.17) is 0 Å². The van der Waals surface area contributed by atoms with Crippen LogP contribution in [0.25, 0.3) is 0 Å². The van der Waals surface area contributed by atoms with E-state index < -0.39 is 17.4 Å². The number of nitrogens with zero attached hydrogens (tertiary/aromatic N) is 2. The number of amides is 2. The normalized spacial score (nSPS) is 18.5. The minimum atomic E-state index is -0.569. The van der Waals surface area contributed by atoms with Gasteiger partial charge in [0.15, 0.2) is 0 Å². The molecule has 1 aromatic carbocycles. The van der Waals surface area contributed by atoms with Crippen molar-refractivity contribution in [3.8, 4) is 0 Å². The van der Waals surface area contributed by atoms with Gasteiger partial charge in [0.2, 0.25) is 0 Å². The summed E-state index contributed by atoms with van der Waals surface area (Å²) >= 11 is 0. The van der Waals surface area contributed by atoms with Crippen LogP contribution in [0.15, 0.2) is 18.2 Å². The van der Waals surface area contributed by atoms with Crippen LogP contribution in [-0.4, -0.2) is 55.5 Å². The van der Waals surface area contributed by atoms with Crippen molar-refractivity contribution in [1.29, 1.82) is 0 Å². The van der Waals surface area contributed by atoms with Crippen molar-refractivity contribution in [2.75, 3.05) is 38.1 Å². The summed E-state index contributed by atoms with van der Waals surface area (Å²) in [6, 6.07) is 6.77. The lowest BCUT2D eigenvalue weighted by Crippen LogP contribution is -2.50. The zero-order valence-corrected chi connectivity index (χ0v) is 17.7. The first-order chi connectivity index (χ1) is 13.2. The highest BCUT2D eigenvalue weighted by atomic mass is 16.2. The zero-order chi connectivity index (χ0) is 20.3. The van der Waals surface area contributed by atoms with Crippen LogP contribution < -0.4 is 15.5 Å². The van der Waals surface area contributed by atoms with Crippen LogP contribution in [0.5, 0.6) is 0 Å². The van der Waals surface area contributed by atoms with Crippen molar-refractivity contribution >= 4 is 17.5 Å². The molecule has 1 atom stereocenters. The summed E-state index contributed by atoms with van der Waals surface area (Å²) in [5, 5.41) is 5.61. The summed E-state index contributed by atoms with van der Waals surface area (Å²) in [6.07, 6.45) is 4.69. The van der Waals surface area contributed by atoms with Gasteiger partial charge in [0.25, 0.3) is 0 Å². The van der Waals surface area contributed by atoms with Crippen LogP contribution >= 0.6 is 0 Å². The van der Waals surface area contributed by atoms with Gasteiger partial charge in [0.1, 0.15) is 0 Å². The van der Waals surface area contributed by atoms with E-state index in [1.165, 1.54) is 36.1 Å². The Bertz CT molecular complexity index is 720. The highest BCUT2D eigenvalue weighted by molar-refractivity contribution is 6.35. The third-order valence-corrected chi connectivity index (χ3v) is 5.60. The van der Waals surface area contributed by atoms with Crippen molar-refractivity contribution in [2.45, 2.75) is 58.0 Å². The molecule has 0 bridgehead atoms. The monoisotopic (exact) mass is 386 g/mol. The molecule has 154 valence electrons. The Morgan fingerprint density at radius 3 is 2.46 bits per heavy atom. The van der Waals surface area contributed by atoms with Gasteiger partial charge in [0, 0.05) is 31.4 Å². The first kappa shape index (κ1) is 20.6. The van der Waals surface area contributed by atoms with E-state index in [1.807, 2.05) is 20.8 Å². The van der Waals surface area contributed by atoms with Gasteiger partial charge in [-0.15, -0.1) is 0 Å². The van der Waals surface area contributed by atoms with Crippen molar-refractivity contribution in [1.82, 2.24) is 15.5 Å². The molecule has 2 aliphatic heterocycles. The molecule has 1 saturated heterocycles. The number of benzene rings is 1. The summed E-state index contributed by atoms with van der Waals surface area (Å²) in [6.45, 7) is 9.18. The summed E-state index contributed by atoms with van der Waals surface area (Å²) in [5.41, 5.74) is 3.48. The van der Waals surface area contributed by atoms with E-state index in [-0.39, 0.29) is 6.04 Å². The van der Waals surface area contributed by atoms with Gasteiger partial charge in [-0.05, 0) is 70.3 Å². The number of likely N-dealkylation sites (N-methyl/N-ethyl adjacent to an activating group) is 1. The maximum absolute atomic E-state index is 12.3. The Morgan fingerprint density at radius 2 is 1.79 bits per heavy atom. The maximum atomic E-state index is 12.3. The quantitative estimate of drug-likeness (QED) is 0.779. The lowest BCUT2D eigenvalue weighted by Gasteiger charge is -2.35. The number of carbonyl (C=O) groups is 2. The molecule has 2 N–H and O–H groups in total. The molecule has 2 heterocycles. The topological polar surface area (TPSA) is 64.7 Å². The van der Waals surface area contributed by atoms with Gasteiger partial charge in [0.05, 0.1) is 6.04 Å². The number of anilines is 1. The van der Waals surface area contributed by atoms with Gasteiger partial charge < -0.3 is 15.5 Å². The Balaban J connectivity index is 1.73. The van der Waals surface area contributed by atoms with Crippen LogP contribution in [0.2, 0.25) is 0 Å². The molecule has 0 radical (unpaired) electrons. The van der Waals surface area contributed by atoms with Crippen LogP contribution in [-0.2, 0) is 16.0 Å². The number of hydrogen-bond donors (Lipinski definition) is 2.